The third-order valence-corrected chi connectivity index (χ3v) is 3.98. The van der Waals surface area contributed by atoms with Crippen LogP contribution in [0.2, 0.25) is 0 Å². The highest BCUT2D eigenvalue weighted by molar-refractivity contribution is 5.97. The van der Waals surface area contributed by atoms with E-state index in [4.69, 9.17) is 15.3 Å². The van der Waals surface area contributed by atoms with E-state index in [0.717, 1.165) is 11.6 Å². The van der Waals surface area contributed by atoms with Gasteiger partial charge in [0.25, 0.3) is 0 Å². The first kappa shape index (κ1) is 20.2. The Morgan fingerprint density at radius 3 is 2.41 bits per heavy atom. The standard InChI is InChI=1S/C21H18F3N3O2/c22-21(23,24)19-6-2-1-5-17(19)14-29-27-20(25)16-7-9-18(10-8-16)28-13-15-4-3-11-26-12-15/h1-12H,13-14H2,(H2,25,27). The Kier molecular flexibility index (Phi) is 6.33. The first-order valence-corrected chi connectivity index (χ1v) is 8.66. The van der Waals surface area contributed by atoms with Crippen LogP contribution < -0.4 is 10.5 Å². The largest absolute Gasteiger partial charge is 0.489 e. The topological polar surface area (TPSA) is 69.7 Å². The summed E-state index contributed by atoms with van der Waals surface area (Å²) in [6, 6.07) is 15.7. The Labute approximate surface area is 165 Å². The molecule has 3 aromatic rings. The third kappa shape index (κ3) is 5.71. The van der Waals surface area contributed by atoms with Crippen LogP contribution in [0.15, 0.2) is 78.2 Å². The number of nitrogens with two attached hydrogens (primary N) is 1. The number of ether oxygens (including phenoxy) is 1. The smallest absolute Gasteiger partial charge is 0.416 e. The minimum Gasteiger partial charge on any atom is -0.489 e. The van der Waals surface area contributed by atoms with Crippen molar-refractivity contribution < 1.29 is 22.7 Å². The summed E-state index contributed by atoms with van der Waals surface area (Å²) < 4.78 is 44.6. The lowest BCUT2D eigenvalue weighted by atomic mass is 10.1. The van der Waals surface area contributed by atoms with Crippen LogP contribution in [-0.4, -0.2) is 10.8 Å². The second-order valence-electron chi connectivity index (χ2n) is 6.08. The Bertz CT molecular complexity index is 959. The summed E-state index contributed by atoms with van der Waals surface area (Å²) in [6.45, 7) is 0.0289. The maximum Gasteiger partial charge on any atom is 0.416 e. The van der Waals surface area contributed by atoms with Crippen LogP contribution in [0.5, 0.6) is 5.75 Å². The summed E-state index contributed by atoms with van der Waals surface area (Å²) in [7, 11) is 0. The number of nitrogens with zero attached hydrogens (tertiary/aromatic N) is 2. The number of pyridine rings is 1. The van der Waals surface area contributed by atoms with Crippen molar-refractivity contribution in [3.8, 4) is 5.75 Å². The molecular formula is C21H18F3N3O2. The lowest BCUT2D eigenvalue weighted by molar-refractivity contribution is -0.138. The molecule has 0 amide bonds. The van der Waals surface area contributed by atoms with Gasteiger partial charge in [-0.05, 0) is 36.4 Å². The molecule has 0 saturated carbocycles. The minimum atomic E-state index is -4.46. The molecule has 2 N–H and O–H groups in total. The highest BCUT2D eigenvalue weighted by atomic mass is 19.4. The van der Waals surface area contributed by atoms with Crippen LogP contribution in [0.3, 0.4) is 0 Å². The van der Waals surface area contributed by atoms with Crippen molar-refractivity contribution in [3.63, 3.8) is 0 Å². The summed E-state index contributed by atoms with van der Waals surface area (Å²) >= 11 is 0. The zero-order chi connectivity index (χ0) is 20.7. The molecule has 2 aromatic carbocycles. The minimum absolute atomic E-state index is 0.0179. The first-order chi connectivity index (χ1) is 13.9. The van der Waals surface area contributed by atoms with Crippen molar-refractivity contribution in [2.75, 3.05) is 0 Å². The number of hydrogen-bond acceptors (Lipinski definition) is 4. The number of aromatic nitrogens is 1. The fourth-order valence-electron chi connectivity index (χ4n) is 2.52. The second kappa shape index (κ2) is 9.09. The van der Waals surface area contributed by atoms with Crippen molar-refractivity contribution in [2.24, 2.45) is 10.9 Å². The molecule has 3 rings (SSSR count). The van der Waals surface area contributed by atoms with Gasteiger partial charge in [0, 0.05) is 29.1 Å². The van der Waals surface area contributed by atoms with Crippen LogP contribution in [-0.2, 0) is 24.2 Å². The normalized spacial score (nSPS) is 11.9. The summed E-state index contributed by atoms with van der Waals surface area (Å²) in [5.74, 6) is 0.679. The molecule has 8 heteroatoms. The van der Waals surface area contributed by atoms with Crippen LogP contribution >= 0.6 is 0 Å². The first-order valence-electron chi connectivity index (χ1n) is 8.66. The summed E-state index contributed by atoms with van der Waals surface area (Å²) in [4.78, 5) is 9.05. The van der Waals surface area contributed by atoms with Gasteiger partial charge in [-0.2, -0.15) is 13.2 Å². The van der Waals surface area contributed by atoms with E-state index < -0.39 is 11.7 Å². The van der Waals surface area contributed by atoms with E-state index in [1.54, 1.807) is 36.7 Å². The Morgan fingerprint density at radius 1 is 0.966 bits per heavy atom. The molecule has 29 heavy (non-hydrogen) atoms. The van der Waals surface area contributed by atoms with E-state index in [2.05, 4.69) is 10.1 Å². The molecule has 0 spiro atoms. The van der Waals surface area contributed by atoms with E-state index in [1.807, 2.05) is 12.1 Å². The maximum atomic E-state index is 13.0. The van der Waals surface area contributed by atoms with Crippen molar-refractivity contribution in [1.29, 1.82) is 0 Å². The van der Waals surface area contributed by atoms with E-state index >= 15 is 0 Å². The van der Waals surface area contributed by atoms with Crippen LogP contribution in [0.4, 0.5) is 13.2 Å². The molecule has 0 atom stereocenters. The van der Waals surface area contributed by atoms with Crippen molar-refractivity contribution in [1.82, 2.24) is 4.98 Å². The molecule has 150 valence electrons. The average molecular weight is 401 g/mol. The lowest BCUT2D eigenvalue weighted by Gasteiger charge is -2.11. The number of halogens is 3. The second-order valence-corrected chi connectivity index (χ2v) is 6.08. The van der Waals surface area contributed by atoms with Gasteiger partial charge >= 0.3 is 6.18 Å². The summed E-state index contributed by atoms with van der Waals surface area (Å²) in [6.07, 6.45) is -1.06. The SMILES string of the molecule is N/C(=N/OCc1ccccc1C(F)(F)F)c1ccc(OCc2cccnc2)cc1. The molecule has 0 bridgehead atoms. The van der Waals surface area contributed by atoms with Crippen molar-refractivity contribution in [3.05, 3.63) is 95.3 Å². The highest BCUT2D eigenvalue weighted by Crippen LogP contribution is 2.32. The quantitative estimate of drug-likeness (QED) is 0.359. The van der Waals surface area contributed by atoms with E-state index in [1.165, 1.54) is 18.2 Å². The number of hydrogen-bond donors (Lipinski definition) is 1. The van der Waals surface area contributed by atoms with Crippen LogP contribution in [0.1, 0.15) is 22.3 Å². The molecule has 1 heterocycles. The van der Waals surface area contributed by atoms with Crippen LogP contribution in [0, 0.1) is 0 Å². The van der Waals surface area contributed by atoms with Gasteiger partial charge in [0.05, 0.1) is 5.56 Å². The monoisotopic (exact) mass is 401 g/mol. The van der Waals surface area contributed by atoms with E-state index in [0.29, 0.717) is 17.9 Å². The molecule has 5 nitrogen and oxygen atoms in total. The molecule has 0 saturated heterocycles. The summed E-state index contributed by atoms with van der Waals surface area (Å²) in [5.41, 5.74) is 6.57. The van der Waals surface area contributed by atoms with Gasteiger partial charge in [-0.15, -0.1) is 0 Å². The molecule has 1 aromatic heterocycles. The maximum absolute atomic E-state index is 13.0. The number of rotatable bonds is 7. The van der Waals surface area contributed by atoms with Gasteiger partial charge in [0.1, 0.15) is 19.0 Å². The summed E-state index contributed by atoms with van der Waals surface area (Å²) in [5, 5.41) is 3.71. The molecule has 0 fully saturated rings. The highest BCUT2D eigenvalue weighted by Gasteiger charge is 2.32. The van der Waals surface area contributed by atoms with Gasteiger partial charge < -0.3 is 15.3 Å². The van der Waals surface area contributed by atoms with Gasteiger partial charge in [-0.25, -0.2) is 0 Å². The molecule has 0 unspecified atom stereocenters. The predicted molar refractivity (Wildman–Crippen MR) is 102 cm³/mol. The Balaban J connectivity index is 1.58. The Morgan fingerprint density at radius 2 is 1.72 bits per heavy atom. The van der Waals surface area contributed by atoms with Gasteiger partial charge in [0.15, 0.2) is 5.84 Å². The fourth-order valence-corrected chi connectivity index (χ4v) is 2.52. The third-order valence-electron chi connectivity index (χ3n) is 3.98. The predicted octanol–water partition coefficient (Wildman–Crippen LogP) is 4.52. The zero-order valence-corrected chi connectivity index (χ0v) is 15.3. The fraction of sp³-hybridized carbons (Fsp3) is 0.143. The number of benzene rings is 2. The van der Waals surface area contributed by atoms with Gasteiger partial charge in [-0.3, -0.25) is 4.98 Å². The average Bonchev–Trinajstić information content (AvgIpc) is 2.73. The lowest BCUT2D eigenvalue weighted by Crippen LogP contribution is -2.14. The van der Waals surface area contributed by atoms with Crippen molar-refractivity contribution >= 4 is 5.84 Å². The number of oxime groups is 1. The molecule has 0 aliphatic heterocycles. The number of alkyl halides is 3. The molecule has 0 aliphatic rings. The number of amidine groups is 1. The zero-order valence-electron chi connectivity index (χ0n) is 15.3. The molecular weight excluding hydrogens is 383 g/mol. The van der Waals surface area contributed by atoms with Crippen LogP contribution in [0.25, 0.3) is 0 Å². The molecule has 0 aliphatic carbocycles. The van der Waals surface area contributed by atoms with E-state index in [9.17, 15) is 13.2 Å². The van der Waals surface area contributed by atoms with E-state index in [-0.39, 0.29) is 18.0 Å². The van der Waals surface area contributed by atoms with Gasteiger partial charge in [-0.1, -0.05) is 29.4 Å². The van der Waals surface area contributed by atoms with Crippen molar-refractivity contribution in [2.45, 2.75) is 19.4 Å². The van der Waals surface area contributed by atoms with Gasteiger partial charge in [0.2, 0.25) is 0 Å². The Hall–Kier alpha value is -3.55. The molecule has 0 radical (unpaired) electrons.